The minimum atomic E-state index is -0.583. The average molecular weight is 558 g/mol. The average Bonchev–Trinajstić information content (AvgIpc) is 3.02. The second-order valence-electron chi connectivity index (χ2n) is 9.54. The molecule has 2 heterocycles. The van der Waals surface area contributed by atoms with E-state index >= 15 is 0 Å². The Balaban J connectivity index is 1.25. The van der Waals surface area contributed by atoms with Crippen LogP contribution in [-0.4, -0.2) is 19.2 Å². The number of aromatic nitrogens is 1. The number of fused-ring (bicyclic) bond motifs is 1. The lowest BCUT2D eigenvalue weighted by atomic mass is 10.1. The van der Waals surface area contributed by atoms with Crippen molar-refractivity contribution in [2.75, 3.05) is 24.9 Å². The van der Waals surface area contributed by atoms with Crippen molar-refractivity contribution in [2.24, 2.45) is 0 Å². The first-order valence-corrected chi connectivity index (χ1v) is 13.2. The van der Waals surface area contributed by atoms with E-state index in [4.69, 9.17) is 13.9 Å². The molecule has 2 aromatic heterocycles. The zero-order chi connectivity index (χ0) is 29.1. The SMILES string of the molecule is COc1ccccc1Nc1ccc(-c2cc3c(=O)oc(-c4ccc(Nc5ccccc5OC)cc4)cc3c(=O)[nH]2)cc1. The molecule has 0 spiro atoms. The van der Waals surface area contributed by atoms with Crippen molar-refractivity contribution in [3.63, 3.8) is 0 Å². The van der Waals surface area contributed by atoms with Crippen molar-refractivity contribution < 1.29 is 13.9 Å². The molecular weight excluding hydrogens is 530 g/mol. The molecule has 0 unspecified atom stereocenters. The van der Waals surface area contributed by atoms with Gasteiger partial charge in [0.25, 0.3) is 5.56 Å². The molecule has 0 amide bonds. The summed E-state index contributed by atoms with van der Waals surface area (Å²) in [5, 5.41) is 7.11. The molecule has 0 aliphatic carbocycles. The van der Waals surface area contributed by atoms with Gasteiger partial charge in [-0.15, -0.1) is 0 Å². The third-order valence-corrected chi connectivity index (χ3v) is 6.91. The monoisotopic (exact) mass is 557 g/mol. The van der Waals surface area contributed by atoms with E-state index in [0.717, 1.165) is 39.8 Å². The van der Waals surface area contributed by atoms with Crippen LogP contribution in [0.1, 0.15) is 0 Å². The molecule has 0 atom stereocenters. The minimum absolute atomic E-state index is 0.211. The molecule has 0 saturated heterocycles. The smallest absolute Gasteiger partial charge is 0.344 e. The maximum atomic E-state index is 13.1. The summed E-state index contributed by atoms with van der Waals surface area (Å²) in [5.41, 5.74) is 4.32. The molecule has 208 valence electrons. The molecule has 8 heteroatoms. The topological polar surface area (TPSA) is 106 Å². The second-order valence-corrected chi connectivity index (χ2v) is 9.54. The van der Waals surface area contributed by atoms with Gasteiger partial charge in [-0.1, -0.05) is 36.4 Å². The normalized spacial score (nSPS) is 10.8. The van der Waals surface area contributed by atoms with Gasteiger partial charge in [0.15, 0.2) is 0 Å². The van der Waals surface area contributed by atoms with Crippen LogP contribution in [0, 0.1) is 0 Å². The van der Waals surface area contributed by atoms with Gasteiger partial charge in [0.1, 0.15) is 17.3 Å². The Morgan fingerprint density at radius 1 is 0.619 bits per heavy atom. The zero-order valence-electron chi connectivity index (χ0n) is 22.9. The lowest BCUT2D eigenvalue weighted by molar-refractivity contribution is 0.416. The summed E-state index contributed by atoms with van der Waals surface area (Å²) >= 11 is 0. The van der Waals surface area contributed by atoms with Crippen LogP contribution < -0.4 is 31.3 Å². The summed E-state index contributed by atoms with van der Waals surface area (Å²) in [5.74, 6) is 1.76. The minimum Gasteiger partial charge on any atom is -0.495 e. The number of benzene rings is 4. The van der Waals surface area contributed by atoms with Crippen LogP contribution in [0.3, 0.4) is 0 Å². The number of nitrogens with one attached hydrogen (secondary N) is 3. The van der Waals surface area contributed by atoms with Gasteiger partial charge in [-0.05, 0) is 78.4 Å². The molecule has 0 bridgehead atoms. The van der Waals surface area contributed by atoms with Crippen molar-refractivity contribution >= 4 is 33.5 Å². The zero-order valence-corrected chi connectivity index (χ0v) is 22.9. The van der Waals surface area contributed by atoms with Crippen LogP contribution >= 0.6 is 0 Å². The number of ether oxygens (including phenoxy) is 2. The quantitative estimate of drug-likeness (QED) is 0.180. The molecule has 0 aliphatic heterocycles. The van der Waals surface area contributed by atoms with Gasteiger partial charge < -0.3 is 29.5 Å². The fourth-order valence-electron chi connectivity index (χ4n) is 4.75. The number of aromatic amines is 1. The van der Waals surface area contributed by atoms with E-state index in [1.54, 1.807) is 26.4 Å². The summed E-state index contributed by atoms with van der Waals surface area (Å²) in [6.45, 7) is 0. The number of pyridine rings is 1. The Bertz CT molecular complexity index is 1850. The van der Waals surface area contributed by atoms with Gasteiger partial charge in [-0.25, -0.2) is 4.79 Å². The first-order valence-electron chi connectivity index (χ1n) is 13.2. The maximum absolute atomic E-state index is 13.1. The number of hydrogen-bond acceptors (Lipinski definition) is 7. The van der Waals surface area contributed by atoms with Crippen molar-refractivity contribution in [2.45, 2.75) is 0 Å². The molecule has 6 aromatic rings. The van der Waals surface area contributed by atoms with Crippen molar-refractivity contribution in [1.29, 1.82) is 0 Å². The Labute approximate surface area is 241 Å². The highest BCUT2D eigenvalue weighted by atomic mass is 16.5. The van der Waals surface area contributed by atoms with E-state index in [-0.39, 0.29) is 16.3 Å². The molecule has 0 aliphatic rings. The molecule has 42 heavy (non-hydrogen) atoms. The highest BCUT2D eigenvalue weighted by molar-refractivity contribution is 5.86. The van der Waals surface area contributed by atoms with Crippen LogP contribution in [0.25, 0.3) is 33.4 Å². The van der Waals surface area contributed by atoms with E-state index in [1.807, 2.05) is 97.1 Å². The number of methoxy groups -OCH3 is 2. The third-order valence-electron chi connectivity index (χ3n) is 6.91. The summed E-state index contributed by atoms with van der Waals surface area (Å²) in [4.78, 5) is 29.1. The van der Waals surface area contributed by atoms with Crippen LogP contribution in [-0.2, 0) is 0 Å². The van der Waals surface area contributed by atoms with Crippen molar-refractivity contribution in [1.82, 2.24) is 4.98 Å². The van der Waals surface area contributed by atoms with Gasteiger partial charge in [-0.2, -0.15) is 0 Å². The summed E-state index contributed by atoms with van der Waals surface area (Å²) in [6.07, 6.45) is 0. The van der Waals surface area contributed by atoms with Crippen molar-refractivity contribution in [3.05, 3.63) is 130 Å². The Kier molecular flexibility index (Phi) is 7.17. The fraction of sp³-hybridized carbons (Fsp3) is 0.0588. The number of anilines is 4. The predicted octanol–water partition coefficient (Wildman–Crippen LogP) is 7.32. The standard InChI is InChI=1S/C34H27N3O5/c1-40-30-9-5-3-7-27(30)35-23-15-11-21(12-16-23)29-19-26-25(33(38)37-29)20-32(42-34(26)39)22-13-17-24(18-14-22)36-28-8-4-6-10-31(28)41-2/h3-20,35-36H,1-2H3,(H,37,38). The second kappa shape index (κ2) is 11.4. The van der Waals surface area contributed by atoms with Crippen LogP contribution in [0.5, 0.6) is 11.5 Å². The third kappa shape index (κ3) is 5.33. The first-order chi connectivity index (χ1) is 20.5. The summed E-state index contributed by atoms with van der Waals surface area (Å²) in [6, 6.07) is 33.4. The van der Waals surface area contributed by atoms with E-state index in [2.05, 4.69) is 15.6 Å². The highest BCUT2D eigenvalue weighted by Crippen LogP contribution is 2.30. The predicted molar refractivity (Wildman–Crippen MR) is 167 cm³/mol. The first kappa shape index (κ1) is 26.5. The summed E-state index contributed by atoms with van der Waals surface area (Å²) < 4.78 is 16.4. The Morgan fingerprint density at radius 3 is 1.69 bits per heavy atom. The van der Waals surface area contributed by atoms with Gasteiger partial charge in [0.05, 0.1) is 36.4 Å². The Hall–Kier alpha value is -5.76. The van der Waals surface area contributed by atoms with E-state index in [0.29, 0.717) is 17.0 Å². The molecule has 0 fully saturated rings. The molecule has 8 nitrogen and oxygen atoms in total. The van der Waals surface area contributed by atoms with Gasteiger partial charge in [0, 0.05) is 22.6 Å². The molecule has 6 rings (SSSR count). The summed E-state index contributed by atoms with van der Waals surface area (Å²) in [7, 11) is 3.24. The van der Waals surface area contributed by atoms with Crippen LogP contribution in [0.15, 0.2) is 123 Å². The van der Waals surface area contributed by atoms with E-state index < -0.39 is 5.63 Å². The maximum Gasteiger partial charge on any atom is 0.344 e. The number of rotatable bonds is 8. The lowest BCUT2D eigenvalue weighted by Gasteiger charge is -2.12. The van der Waals surface area contributed by atoms with Crippen LogP contribution in [0.4, 0.5) is 22.7 Å². The molecule has 0 radical (unpaired) electrons. The molecule has 3 N–H and O–H groups in total. The Morgan fingerprint density at radius 2 is 1.14 bits per heavy atom. The van der Waals surface area contributed by atoms with E-state index in [9.17, 15) is 9.59 Å². The lowest BCUT2D eigenvalue weighted by Crippen LogP contribution is -2.12. The number of hydrogen-bond donors (Lipinski definition) is 3. The highest BCUT2D eigenvalue weighted by Gasteiger charge is 2.13. The van der Waals surface area contributed by atoms with Gasteiger partial charge in [-0.3, -0.25) is 4.79 Å². The van der Waals surface area contributed by atoms with Crippen LogP contribution in [0.2, 0.25) is 0 Å². The van der Waals surface area contributed by atoms with E-state index in [1.165, 1.54) is 0 Å². The fourth-order valence-corrected chi connectivity index (χ4v) is 4.75. The molecular formula is C34H27N3O5. The van der Waals surface area contributed by atoms with Gasteiger partial charge >= 0.3 is 5.63 Å². The number of para-hydroxylation sites is 4. The largest absolute Gasteiger partial charge is 0.495 e. The van der Waals surface area contributed by atoms with Crippen molar-refractivity contribution in [3.8, 4) is 34.1 Å². The number of H-pyrrole nitrogens is 1. The molecule has 0 saturated carbocycles. The molecule has 4 aromatic carbocycles. The van der Waals surface area contributed by atoms with Gasteiger partial charge in [0.2, 0.25) is 0 Å².